The molecule has 0 N–H and O–H groups in total. The van der Waals surface area contributed by atoms with E-state index >= 15 is 0 Å². The molecule has 3 rings (SSSR count). The lowest BCUT2D eigenvalue weighted by Gasteiger charge is -2.45. The van der Waals surface area contributed by atoms with Gasteiger partial charge in [0.05, 0.1) is 5.69 Å². The molecule has 1 aliphatic rings. The SMILES string of the molecule is Cc1c(Cl)cccc1N=Cc1ccc2c(c1)C(C)CC(C)(C)N2C. The summed E-state index contributed by atoms with van der Waals surface area (Å²) in [6.07, 6.45) is 3.09. The van der Waals surface area contributed by atoms with E-state index in [-0.39, 0.29) is 5.54 Å². The van der Waals surface area contributed by atoms with Crippen molar-refractivity contribution in [3.8, 4) is 0 Å². The average Bonchev–Trinajstić information content (AvgIpc) is 2.54. The number of nitrogens with zero attached hydrogens (tertiary/aromatic N) is 2. The lowest BCUT2D eigenvalue weighted by molar-refractivity contribution is 0.395. The monoisotopic (exact) mass is 340 g/mol. The molecule has 0 spiro atoms. The maximum absolute atomic E-state index is 6.17. The molecule has 24 heavy (non-hydrogen) atoms. The molecule has 0 aromatic heterocycles. The highest BCUT2D eigenvalue weighted by atomic mass is 35.5. The first-order valence-corrected chi connectivity index (χ1v) is 8.84. The third kappa shape index (κ3) is 3.08. The maximum Gasteiger partial charge on any atom is 0.0673 e. The van der Waals surface area contributed by atoms with Crippen molar-refractivity contribution < 1.29 is 0 Å². The second-order valence-corrected chi connectivity index (χ2v) is 7.84. The Kier molecular flexibility index (Phi) is 4.44. The Bertz CT molecular complexity index is 792. The number of halogens is 1. The van der Waals surface area contributed by atoms with Crippen LogP contribution in [0.15, 0.2) is 41.4 Å². The maximum atomic E-state index is 6.17. The van der Waals surface area contributed by atoms with Crippen LogP contribution in [0.2, 0.25) is 5.02 Å². The van der Waals surface area contributed by atoms with E-state index in [1.54, 1.807) is 0 Å². The molecule has 0 bridgehead atoms. The minimum atomic E-state index is 0.194. The van der Waals surface area contributed by atoms with Crippen LogP contribution >= 0.6 is 11.6 Å². The van der Waals surface area contributed by atoms with Gasteiger partial charge in [-0.25, -0.2) is 0 Å². The van der Waals surface area contributed by atoms with E-state index in [0.717, 1.165) is 28.3 Å². The van der Waals surface area contributed by atoms with Crippen LogP contribution in [0.4, 0.5) is 11.4 Å². The van der Waals surface area contributed by atoms with Crippen LogP contribution in [0, 0.1) is 6.92 Å². The number of anilines is 1. The molecule has 2 aromatic carbocycles. The molecule has 0 amide bonds. The zero-order chi connectivity index (χ0) is 17.5. The number of rotatable bonds is 2. The summed E-state index contributed by atoms with van der Waals surface area (Å²) in [5.41, 5.74) is 6.00. The lowest BCUT2D eigenvalue weighted by atomic mass is 9.80. The second-order valence-electron chi connectivity index (χ2n) is 7.44. The molecule has 1 heterocycles. The Hall–Kier alpha value is -1.80. The van der Waals surface area contributed by atoms with Gasteiger partial charge in [0.25, 0.3) is 0 Å². The molecule has 3 heteroatoms. The van der Waals surface area contributed by atoms with Gasteiger partial charge >= 0.3 is 0 Å². The second kappa shape index (κ2) is 6.25. The highest BCUT2D eigenvalue weighted by molar-refractivity contribution is 6.31. The van der Waals surface area contributed by atoms with Gasteiger partial charge in [-0.15, -0.1) is 0 Å². The summed E-state index contributed by atoms with van der Waals surface area (Å²) in [5, 5.41) is 0.757. The summed E-state index contributed by atoms with van der Waals surface area (Å²) < 4.78 is 0. The molecule has 1 atom stereocenters. The predicted octanol–water partition coefficient (Wildman–Crippen LogP) is 6.12. The van der Waals surface area contributed by atoms with Gasteiger partial charge in [0.15, 0.2) is 0 Å². The molecule has 126 valence electrons. The fraction of sp³-hybridized carbons (Fsp3) is 0.381. The van der Waals surface area contributed by atoms with Crippen molar-refractivity contribution in [2.45, 2.75) is 45.6 Å². The molecule has 1 aliphatic heterocycles. The highest BCUT2D eigenvalue weighted by Gasteiger charge is 2.33. The average molecular weight is 341 g/mol. The summed E-state index contributed by atoms with van der Waals surface area (Å²) in [4.78, 5) is 7.03. The van der Waals surface area contributed by atoms with Crippen molar-refractivity contribution in [1.82, 2.24) is 0 Å². The Morgan fingerprint density at radius 3 is 2.75 bits per heavy atom. The zero-order valence-electron chi connectivity index (χ0n) is 15.1. The summed E-state index contributed by atoms with van der Waals surface area (Å²) in [6.45, 7) is 8.93. The van der Waals surface area contributed by atoms with Gasteiger partial charge in [0.1, 0.15) is 0 Å². The van der Waals surface area contributed by atoms with Gasteiger partial charge in [-0.2, -0.15) is 0 Å². The number of hydrogen-bond acceptors (Lipinski definition) is 2. The van der Waals surface area contributed by atoms with Gasteiger partial charge in [0, 0.05) is 29.5 Å². The Morgan fingerprint density at radius 2 is 2.00 bits per heavy atom. The molecule has 0 fully saturated rings. The quantitative estimate of drug-likeness (QED) is 0.601. The van der Waals surface area contributed by atoms with Crippen molar-refractivity contribution in [3.05, 3.63) is 58.1 Å². The van der Waals surface area contributed by atoms with Gasteiger partial charge < -0.3 is 4.90 Å². The van der Waals surface area contributed by atoms with Crippen molar-refractivity contribution in [1.29, 1.82) is 0 Å². The van der Waals surface area contributed by atoms with Crippen LogP contribution in [0.5, 0.6) is 0 Å². The van der Waals surface area contributed by atoms with Gasteiger partial charge in [-0.3, -0.25) is 4.99 Å². The van der Waals surface area contributed by atoms with Crippen LogP contribution in [-0.4, -0.2) is 18.8 Å². The minimum Gasteiger partial charge on any atom is -0.369 e. The smallest absolute Gasteiger partial charge is 0.0673 e. The Labute approximate surface area is 150 Å². The number of aliphatic imine (C=N–C) groups is 1. The molecule has 2 aromatic rings. The topological polar surface area (TPSA) is 15.6 Å². The van der Waals surface area contributed by atoms with E-state index in [2.05, 4.69) is 55.9 Å². The lowest BCUT2D eigenvalue weighted by Crippen LogP contribution is -2.45. The van der Waals surface area contributed by atoms with Gasteiger partial charge in [0.2, 0.25) is 0 Å². The fourth-order valence-electron chi connectivity index (χ4n) is 3.56. The van der Waals surface area contributed by atoms with Crippen molar-refractivity contribution in [3.63, 3.8) is 0 Å². The van der Waals surface area contributed by atoms with Crippen molar-refractivity contribution in [2.75, 3.05) is 11.9 Å². The molecule has 1 unspecified atom stereocenters. The van der Waals surface area contributed by atoms with E-state index in [9.17, 15) is 0 Å². The number of hydrogen-bond donors (Lipinski definition) is 0. The standard InChI is InChI=1S/C21H25ClN2/c1-14-12-21(3,4)24(5)20-10-9-16(11-17(14)20)13-23-19-8-6-7-18(22)15(19)2/h6-11,13-14H,12H2,1-5H3. The highest BCUT2D eigenvalue weighted by Crippen LogP contribution is 2.42. The van der Waals surface area contributed by atoms with Crippen LogP contribution < -0.4 is 4.90 Å². The molecule has 0 radical (unpaired) electrons. The van der Waals surface area contributed by atoms with E-state index < -0.39 is 0 Å². The third-order valence-electron chi connectivity index (χ3n) is 5.25. The predicted molar refractivity (Wildman–Crippen MR) is 105 cm³/mol. The molecule has 0 saturated heterocycles. The van der Waals surface area contributed by atoms with Crippen LogP contribution in [0.3, 0.4) is 0 Å². The van der Waals surface area contributed by atoms with Crippen molar-refractivity contribution >= 4 is 29.2 Å². The summed E-state index contributed by atoms with van der Waals surface area (Å²) in [6, 6.07) is 12.5. The van der Waals surface area contributed by atoms with E-state index in [4.69, 9.17) is 11.6 Å². The molecular weight excluding hydrogens is 316 g/mol. The van der Waals surface area contributed by atoms with E-state index in [1.165, 1.54) is 11.3 Å². The third-order valence-corrected chi connectivity index (χ3v) is 5.66. The first kappa shape index (κ1) is 17.0. The minimum absolute atomic E-state index is 0.194. The molecule has 0 saturated carbocycles. The number of fused-ring (bicyclic) bond motifs is 1. The summed E-state index contributed by atoms with van der Waals surface area (Å²) in [7, 11) is 2.19. The zero-order valence-corrected chi connectivity index (χ0v) is 15.9. The van der Waals surface area contributed by atoms with Crippen LogP contribution in [0.25, 0.3) is 0 Å². The Morgan fingerprint density at radius 1 is 1.25 bits per heavy atom. The van der Waals surface area contributed by atoms with E-state index in [1.807, 2.05) is 31.3 Å². The first-order valence-electron chi connectivity index (χ1n) is 8.46. The Balaban J connectivity index is 1.94. The fourth-order valence-corrected chi connectivity index (χ4v) is 3.73. The normalized spacial score (nSPS) is 19.6. The van der Waals surface area contributed by atoms with Crippen LogP contribution in [-0.2, 0) is 0 Å². The van der Waals surface area contributed by atoms with Crippen molar-refractivity contribution in [2.24, 2.45) is 4.99 Å². The number of benzene rings is 2. The first-order chi connectivity index (χ1) is 11.3. The van der Waals surface area contributed by atoms with Gasteiger partial charge in [-0.05, 0) is 74.1 Å². The molecule has 2 nitrogen and oxygen atoms in total. The summed E-state index contributed by atoms with van der Waals surface area (Å²) >= 11 is 6.17. The molecule has 0 aliphatic carbocycles. The van der Waals surface area contributed by atoms with Gasteiger partial charge in [-0.1, -0.05) is 30.7 Å². The summed E-state index contributed by atoms with van der Waals surface area (Å²) in [5.74, 6) is 0.549. The van der Waals surface area contributed by atoms with Crippen LogP contribution in [0.1, 0.15) is 49.8 Å². The molecular formula is C21H25ClN2. The van der Waals surface area contributed by atoms with E-state index in [0.29, 0.717) is 5.92 Å². The largest absolute Gasteiger partial charge is 0.369 e.